The van der Waals surface area contributed by atoms with Crippen molar-refractivity contribution in [2.45, 2.75) is 6.92 Å². The molecular formula is C17H16N6O5S. The molecule has 2 N–H and O–H groups in total. The van der Waals surface area contributed by atoms with Gasteiger partial charge in [0.25, 0.3) is 11.6 Å². The molecule has 1 aromatic heterocycles. The summed E-state index contributed by atoms with van der Waals surface area (Å²) in [6, 6.07) is 12.0. The third-order valence-electron chi connectivity index (χ3n) is 3.87. The fourth-order valence-corrected chi connectivity index (χ4v) is 3.16. The van der Waals surface area contributed by atoms with E-state index in [4.69, 9.17) is 0 Å². The van der Waals surface area contributed by atoms with Crippen molar-refractivity contribution in [1.82, 2.24) is 15.0 Å². The molecule has 0 spiro atoms. The van der Waals surface area contributed by atoms with Crippen molar-refractivity contribution >= 4 is 33.0 Å². The Morgan fingerprint density at radius 1 is 1.14 bits per heavy atom. The van der Waals surface area contributed by atoms with Crippen molar-refractivity contribution in [2.24, 2.45) is 0 Å². The molecule has 0 saturated heterocycles. The second-order valence-corrected chi connectivity index (χ2v) is 7.83. The second-order valence-electron chi connectivity index (χ2n) is 6.09. The molecule has 3 aromatic rings. The molecule has 29 heavy (non-hydrogen) atoms. The van der Waals surface area contributed by atoms with Crippen LogP contribution in [0.3, 0.4) is 0 Å². The first-order chi connectivity index (χ1) is 13.7. The molecule has 0 bridgehead atoms. The number of hydrogen-bond donors (Lipinski definition) is 2. The summed E-state index contributed by atoms with van der Waals surface area (Å²) < 4.78 is 26.6. The number of rotatable bonds is 6. The highest BCUT2D eigenvalue weighted by Crippen LogP contribution is 2.23. The summed E-state index contributed by atoms with van der Waals surface area (Å²) in [7, 11) is -3.54. The van der Waals surface area contributed by atoms with E-state index in [0.717, 1.165) is 6.26 Å². The second kappa shape index (κ2) is 7.67. The monoisotopic (exact) mass is 416 g/mol. The molecule has 1 amide bonds. The predicted octanol–water partition coefficient (Wildman–Crippen LogP) is 2.11. The van der Waals surface area contributed by atoms with Gasteiger partial charge in [0.1, 0.15) is 0 Å². The van der Waals surface area contributed by atoms with Gasteiger partial charge in [-0.3, -0.25) is 19.6 Å². The van der Waals surface area contributed by atoms with Gasteiger partial charge in [0.2, 0.25) is 10.0 Å². The molecule has 2 aromatic carbocycles. The van der Waals surface area contributed by atoms with Crippen LogP contribution in [0.1, 0.15) is 16.2 Å². The van der Waals surface area contributed by atoms with Crippen molar-refractivity contribution in [2.75, 3.05) is 16.3 Å². The molecule has 0 atom stereocenters. The Labute approximate surface area is 165 Å². The van der Waals surface area contributed by atoms with E-state index in [9.17, 15) is 23.3 Å². The third kappa shape index (κ3) is 4.55. The fraction of sp³-hybridized carbons (Fsp3) is 0.118. The number of aromatic nitrogens is 3. The van der Waals surface area contributed by atoms with Crippen molar-refractivity contribution in [1.29, 1.82) is 0 Å². The molecule has 0 saturated carbocycles. The number of nitrogens with zero attached hydrogens (tertiary/aromatic N) is 4. The van der Waals surface area contributed by atoms with Crippen LogP contribution in [-0.4, -0.2) is 40.5 Å². The summed E-state index contributed by atoms with van der Waals surface area (Å²) in [5, 5.41) is 21.3. The Hall–Kier alpha value is -3.80. The number of nitrogens with one attached hydrogen (secondary N) is 2. The summed E-state index contributed by atoms with van der Waals surface area (Å²) in [5.74, 6) is -0.609. The molecule has 12 heteroatoms. The van der Waals surface area contributed by atoms with Crippen LogP contribution in [0.5, 0.6) is 0 Å². The maximum absolute atomic E-state index is 12.7. The number of non-ortho nitro benzene ring substituents is 1. The molecule has 0 aliphatic rings. The first-order valence-electron chi connectivity index (χ1n) is 8.21. The molecule has 0 radical (unpaired) electrons. The maximum atomic E-state index is 12.7. The average Bonchev–Trinajstić information content (AvgIpc) is 3.04. The van der Waals surface area contributed by atoms with E-state index in [1.54, 1.807) is 25.1 Å². The first kappa shape index (κ1) is 19.9. The van der Waals surface area contributed by atoms with Crippen molar-refractivity contribution in [3.05, 3.63) is 70.0 Å². The summed E-state index contributed by atoms with van der Waals surface area (Å²) in [4.78, 5) is 23.1. The normalized spacial score (nSPS) is 11.1. The third-order valence-corrected chi connectivity index (χ3v) is 4.46. The molecule has 3 rings (SSSR count). The molecule has 0 aliphatic carbocycles. The number of sulfonamides is 1. The number of nitro benzene ring substituents is 1. The van der Waals surface area contributed by atoms with Crippen LogP contribution in [0.15, 0.2) is 48.5 Å². The Morgan fingerprint density at radius 3 is 2.48 bits per heavy atom. The standard InChI is InChI=1S/C17H16N6O5S/c1-11-16(19-21-22(11)12-6-5-7-13(10-12)23(25)26)17(24)18-14-8-3-4-9-15(14)20-29(2,27)28/h3-10,20H,1-2H3,(H,18,24). The van der Waals surface area contributed by atoms with Crippen LogP contribution in [0.25, 0.3) is 5.69 Å². The summed E-state index contributed by atoms with van der Waals surface area (Å²) >= 11 is 0. The summed E-state index contributed by atoms with van der Waals surface area (Å²) in [6.07, 6.45) is 1.00. The van der Waals surface area contributed by atoms with Crippen LogP contribution in [0.4, 0.5) is 17.1 Å². The van der Waals surface area contributed by atoms with Gasteiger partial charge < -0.3 is 5.32 Å². The number of carbonyl (C=O) groups is 1. The van der Waals surface area contributed by atoms with Crippen LogP contribution < -0.4 is 10.0 Å². The zero-order valence-electron chi connectivity index (χ0n) is 15.4. The molecule has 1 heterocycles. The van der Waals surface area contributed by atoms with E-state index < -0.39 is 20.9 Å². The van der Waals surface area contributed by atoms with Crippen LogP contribution in [-0.2, 0) is 10.0 Å². The highest BCUT2D eigenvalue weighted by Gasteiger charge is 2.20. The highest BCUT2D eigenvalue weighted by atomic mass is 32.2. The van der Waals surface area contributed by atoms with E-state index in [2.05, 4.69) is 20.4 Å². The van der Waals surface area contributed by atoms with Crippen LogP contribution >= 0.6 is 0 Å². The van der Waals surface area contributed by atoms with Gasteiger partial charge >= 0.3 is 0 Å². The lowest BCUT2D eigenvalue weighted by atomic mass is 10.2. The van der Waals surface area contributed by atoms with E-state index >= 15 is 0 Å². The first-order valence-corrected chi connectivity index (χ1v) is 10.1. The van der Waals surface area contributed by atoms with Crippen molar-refractivity contribution in [3.8, 4) is 5.69 Å². The highest BCUT2D eigenvalue weighted by molar-refractivity contribution is 7.92. The van der Waals surface area contributed by atoms with Crippen molar-refractivity contribution in [3.63, 3.8) is 0 Å². The molecular weight excluding hydrogens is 400 g/mol. The Morgan fingerprint density at radius 2 is 1.83 bits per heavy atom. The van der Waals surface area contributed by atoms with Gasteiger partial charge in [-0.2, -0.15) is 0 Å². The number of carbonyl (C=O) groups excluding carboxylic acids is 1. The molecule has 0 unspecified atom stereocenters. The SMILES string of the molecule is Cc1c(C(=O)Nc2ccccc2NS(C)(=O)=O)nnn1-c1cccc([N+](=O)[O-])c1. The molecule has 0 aliphatic heterocycles. The number of amides is 1. The topological polar surface area (TPSA) is 149 Å². The number of hydrogen-bond acceptors (Lipinski definition) is 7. The maximum Gasteiger partial charge on any atom is 0.278 e. The Bertz CT molecular complexity index is 1200. The van der Waals surface area contributed by atoms with Gasteiger partial charge in [-0.25, -0.2) is 13.1 Å². The number of nitro groups is 1. The van der Waals surface area contributed by atoms with Gasteiger partial charge in [0.15, 0.2) is 5.69 Å². The van der Waals surface area contributed by atoms with Crippen LogP contribution in [0.2, 0.25) is 0 Å². The zero-order valence-corrected chi connectivity index (χ0v) is 16.2. The lowest BCUT2D eigenvalue weighted by molar-refractivity contribution is -0.384. The number of para-hydroxylation sites is 2. The van der Waals surface area contributed by atoms with Gasteiger partial charge in [0.05, 0.1) is 33.9 Å². The quantitative estimate of drug-likeness (QED) is 0.461. The van der Waals surface area contributed by atoms with E-state index in [0.29, 0.717) is 11.4 Å². The lowest BCUT2D eigenvalue weighted by Crippen LogP contribution is -2.17. The zero-order chi connectivity index (χ0) is 21.2. The van der Waals surface area contributed by atoms with Gasteiger partial charge in [-0.05, 0) is 25.1 Å². The lowest BCUT2D eigenvalue weighted by Gasteiger charge is -2.11. The summed E-state index contributed by atoms with van der Waals surface area (Å²) in [6.45, 7) is 1.59. The molecule has 150 valence electrons. The van der Waals surface area contributed by atoms with E-state index in [-0.39, 0.29) is 22.8 Å². The van der Waals surface area contributed by atoms with Gasteiger partial charge in [-0.1, -0.05) is 23.4 Å². The molecule has 0 fully saturated rings. The predicted molar refractivity (Wildman–Crippen MR) is 106 cm³/mol. The Balaban J connectivity index is 1.89. The summed E-state index contributed by atoms with van der Waals surface area (Å²) in [5.41, 5.74) is 1.05. The number of anilines is 2. The largest absolute Gasteiger partial charge is 0.319 e. The average molecular weight is 416 g/mol. The number of benzene rings is 2. The minimum absolute atomic E-state index is 0.00864. The van der Waals surface area contributed by atoms with Crippen molar-refractivity contribution < 1.29 is 18.1 Å². The van der Waals surface area contributed by atoms with Gasteiger partial charge in [0, 0.05) is 12.1 Å². The minimum atomic E-state index is -3.54. The minimum Gasteiger partial charge on any atom is -0.319 e. The van der Waals surface area contributed by atoms with Crippen LogP contribution in [0, 0.1) is 17.0 Å². The van der Waals surface area contributed by atoms with E-state index in [1.165, 1.54) is 35.0 Å². The van der Waals surface area contributed by atoms with Gasteiger partial charge in [-0.15, -0.1) is 5.10 Å². The Kier molecular flexibility index (Phi) is 5.28. The van der Waals surface area contributed by atoms with E-state index in [1.807, 2.05) is 0 Å². The molecule has 11 nitrogen and oxygen atoms in total. The smallest absolute Gasteiger partial charge is 0.278 e. The fourth-order valence-electron chi connectivity index (χ4n) is 2.58.